The summed E-state index contributed by atoms with van der Waals surface area (Å²) < 4.78 is 6.30. The molecule has 0 aliphatic carbocycles. The number of carbonyl (C=O) groups excluding carboxylic acids is 1. The third-order valence-electron chi connectivity index (χ3n) is 2.02. The predicted octanol–water partition coefficient (Wildman–Crippen LogP) is 4.42. The first kappa shape index (κ1) is 13.5. The van der Waals surface area contributed by atoms with Crippen LogP contribution < -0.4 is 0 Å². The molecular formula is C12H12Br2O2. The summed E-state index contributed by atoms with van der Waals surface area (Å²) in [4.78, 5) is 11.4. The molecule has 16 heavy (non-hydrogen) atoms. The van der Waals surface area contributed by atoms with E-state index in [1.54, 1.807) is 6.07 Å². The topological polar surface area (TPSA) is 26.3 Å². The van der Waals surface area contributed by atoms with Crippen LogP contribution in [0.3, 0.4) is 0 Å². The number of allylic oxidation sites excluding steroid dienone is 1. The smallest absolute Gasteiger partial charge is 0.339 e. The lowest BCUT2D eigenvalue weighted by Crippen LogP contribution is -2.02. The van der Waals surface area contributed by atoms with Gasteiger partial charge in [0.15, 0.2) is 0 Å². The van der Waals surface area contributed by atoms with Gasteiger partial charge in [-0.2, -0.15) is 0 Å². The molecule has 0 aliphatic rings. The highest BCUT2D eigenvalue weighted by Crippen LogP contribution is 2.27. The molecule has 0 aliphatic heterocycles. The molecule has 0 unspecified atom stereocenters. The Balaban J connectivity index is 3.16. The van der Waals surface area contributed by atoms with Crippen LogP contribution in [0.1, 0.15) is 29.3 Å². The minimum Gasteiger partial charge on any atom is -0.465 e. The van der Waals surface area contributed by atoms with Crippen molar-refractivity contribution in [1.29, 1.82) is 0 Å². The van der Waals surface area contributed by atoms with E-state index in [9.17, 15) is 4.79 Å². The zero-order chi connectivity index (χ0) is 12.1. The zero-order valence-electron chi connectivity index (χ0n) is 9.09. The van der Waals surface area contributed by atoms with E-state index < -0.39 is 0 Å². The van der Waals surface area contributed by atoms with E-state index in [0.29, 0.717) is 5.56 Å². The molecule has 0 amide bonds. The fourth-order valence-electron chi connectivity index (χ4n) is 1.20. The number of ether oxygens (including phenoxy) is 1. The van der Waals surface area contributed by atoms with E-state index in [1.165, 1.54) is 7.11 Å². The zero-order valence-corrected chi connectivity index (χ0v) is 12.3. The van der Waals surface area contributed by atoms with Crippen molar-refractivity contribution >= 4 is 43.9 Å². The number of rotatable bonds is 3. The van der Waals surface area contributed by atoms with E-state index in [-0.39, 0.29) is 5.97 Å². The summed E-state index contributed by atoms with van der Waals surface area (Å²) in [6.07, 6.45) is 5.04. The lowest BCUT2D eigenvalue weighted by molar-refractivity contribution is 0.0599. The summed E-state index contributed by atoms with van der Waals surface area (Å²) in [6.45, 7) is 2.07. The summed E-state index contributed by atoms with van der Waals surface area (Å²) in [5.41, 5.74) is 1.55. The highest BCUT2D eigenvalue weighted by Gasteiger charge is 2.12. The van der Waals surface area contributed by atoms with Gasteiger partial charge in [0.25, 0.3) is 0 Å². The fraction of sp³-hybridized carbons (Fsp3) is 0.250. The van der Waals surface area contributed by atoms with Gasteiger partial charge in [0.05, 0.1) is 12.7 Å². The molecule has 0 radical (unpaired) electrons. The Morgan fingerprint density at radius 1 is 1.38 bits per heavy atom. The average molecular weight is 348 g/mol. The maximum atomic E-state index is 11.4. The molecule has 1 rings (SSSR count). The number of esters is 1. The summed E-state index contributed by atoms with van der Waals surface area (Å²) in [5.74, 6) is -0.349. The summed E-state index contributed by atoms with van der Waals surface area (Å²) in [5, 5.41) is 0. The van der Waals surface area contributed by atoms with E-state index in [2.05, 4.69) is 49.6 Å². The molecule has 0 aromatic heterocycles. The van der Waals surface area contributed by atoms with Crippen molar-refractivity contribution in [3.63, 3.8) is 0 Å². The second kappa shape index (κ2) is 6.21. The van der Waals surface area contributed by atoms with Gasteiger partial charge in [-0.25, -0.2) is 4.79 Å². The SMILES string of the molecule is CCC=Cc1cc(Br)c(C(=O)OC)cc1Br. The van der Waals surface area contributed by atoms with Crippen LogP contribution in [0.2, 0.25) is 0 Å². The number of hydrogen-bond donors (Lipinski definition) is 0. The van der Waals surface area contributed by atoms with Crippen LogP contribution in [0, 0.1) is 0 Å². The van der Waals surface area contributed by atoms with Crippen LogP contribution in [0.5, 0.6) is 0 Å². The molecule has 0 fully saturated rings. The molecule has 0 saturated carbocycles. The Morgan fingerprint density at radius 2 is 2.06 bits per heavy atom. The predicted molar refractivity (Wildman–Crippen MR) is 72.5 cm³/mol. The second-order valence-electron chi connectivity index (χ2n) is 3.16. The van der Waals surface area contributed by atoms with Crippen molar-refractivity contribution in [2.24, 2.45) is 0 Å². The summed E-state index contributed by atoms with van der Waals surface area (Å²) >= 11 is 6.79. The van der Waals surface area contributed by atoms with Gasteiger partial charge in [0.2, 0.25) is 0 Å². The summed E-state index contributed by atoms with van der Waals surface area (Å²) in [7, 11) is 1.37. The van der Waals surface area contributed by atoms with Crippen molar-refractivity contribution < 1.29 is 9.53 Å². The van der Waals surface area contributed by atoms with Crippen LogP contribution in [0.25, 0.3) is 6.08 Å². The third-order valence-corrected chi connectivity index (χ3v) is 3.37. The highest BCUT2D eigenvalue weighted by atomic mass is 79.9. The second-order valence-corrected chi connectivity index (χ2v) is 4.86. The Hall–Kier alpha value is -0.610. The molecule has 2 nitrogen and oxygen atoms in total. The first-order valence-electron chi connectivity index (χ1n) is 4.84. The maximum Gasteiger partial charge on any atom is 0.339 e. The van der Waals surface area contributed by atoms with Gasteiger partial charge < -0.3 is 4.74 Å². The molecule has 0 spiro atoms. The number of benzene rings is 1. The van der Waals surface area contributed by atoms with Gasteiger partial charge in [-0.3, -0.25) is 0 Å². The molecular weight excluding hydrogens is 336 g/mol. The number of hydrogen-bond acceptors (Lipinski definition) is 2. The third kappa shape index (κ3) is 3.19. The van der Waals surface area contributed by atoms with Gasteiger partial charge in [-0.1, -0.05) is 35.0 Å². The van der Waals surface area contributed by atoms with Crippen molar-refractivity contribution in [3.05, 3.63) is 38.3 Å². The van der Waals surface area contributed by atoms with Crippen LogP contribution in [0.4, 0.5) is 0 Å². The number of halogens is 2. The minimum absolute atomic E-state index is 0.349. The molecule has 86 valence electrons. The Bertz CT molecular complexity index is 425. The monoisotopic (exact) mass is 346 g/mol. The molecule has 0 N–H and O–H groups in total. The lowest BCUT2D eigenvalue weighted by atomic mass is 10.1. The van der Waals surface area contributed by atoms with Crippen molar-refractivity contribution in [2.45, 2.75) is 13.3 Å². The normalized spacial score (nSPS) is 10.8. The fourth-order valence-corrected chi connectivity index (χ4v) is 2.20. The average Bonchev–Trinajstić information content (AvgIpc) is 2.28. The first-order chi connectivity index (χ1) is 7.60. The largest absolute Gasteiger partial charge is 0.465 e. The van der Waals surface area contributed by atoms with Crippen LogP contribution in [-0.2, 0) is 4.74 Å². The first-order valence-corrected chi connectivity index (χ1v) is 6.42. The quantitative estimate of drug-likeness (QED) is 0.756. The maximum absolute atomic E-state index is 11.4. The minimum atomic E-state index is -0.349. The summed E-state index contributed by atoms with van der Waals surface area (Å²) in [6, 6.07) is 3.65. The van der Waals surface area contributed by atoms with Gasteiger partial charge in [0.1, 0.15) is 0 Å². The molecule has 1 aromatic rings. The standard InChI is InChI=1S/C12H12Br2O2/c1-3-4-5-8-6-11(14)9(7-10(8)13)12(15)16-2/h4-7H,3H2,1-2H3. The van der Waals surface area contributed by atoms with Crippen LogP contribution >= 0.6 is 31.9 Å². The number of methoxy groups -OCH3 is 1. The van der Waals surface area contributed by atoms with Gasteiger partial charge in [0, 0.05) is 8.95 Å². The molecule has 0 heterocycles. The van der Waals surface area contributed by atoms with Gasteiger partial charge in [-0.15, -0.1) is 0 Å². The van der Waals surface area contributed by atoms with E-state index in [0.717, 1.165) is 20.9 Å². The Labute approximate surface area is 112 Å². The Kier molecular flexibility index (Phi) is 5.22. The van der Waals surface area contributed by atoms with E-state index in [1.807, 2.05) is 12.1 Å². The molecule has 1 aromatic carbocycles. The molecule has 0 saturated heterocycles. The van der Waals surface area contributed by atoms with Crippen molar-refractivity contribution in [1.82, 2.24) is 0 Å². The molecule has 0 bridgehead atoms. The van der Waals surface area contributed by atoms with Gasteiger partial charge in [-0.05, 0) is 40.0 Å². The number of carbonyl (C=O) groups is 1. The molecule has 4 heteroatoms. The van der Waals surface area contributed by atoms with Crippen LogP contribution in [0.15, 0.2) is 27.2 Å². The van der Waals surface area contributed by atoms with Gasteiger partial charge >= 0.3 is 5.97 Å². The van der Waals surface area contributed by atoms with E-state index >= 15 is 0 Å². The Morgan fingerprint density at radius 3 is 2.62 bits per heavy atom. The van der Waals surface area contributed by atoms with E-state index in [4.69, 9.17) is 0 Å². The van der Waals surface area contributed by atoms with Crippen molar-refractivity contribution in [3.8, 4) is 0 Å². The molecule has 0 atom stereocenters. The highest BCUT2D eigenvalue weighted by molar-refractivity contribution is 9.11. The van der Waals surface area contributed by atoms with Crippen molar-refractivity contribution in [2.75, 3.05) is 7.11 Å². The van der Waals surface area contributed by atoms with Crippen LogP contribution in [-0.4, -0.2) is 13.1 Å². The lowest BCUT2D eigenvalue weighted by Gasteiger charge is -2.06.